The van der Waals surface area contributed by atoms with Crippen LogP contribution in [0.3, 0.4) is 0 Å². The molecular weight excluding hydrogens is 192 g/mol. The second-order valence-electron chi connectivity index (χ2n) is 3.37. The molecule has 1 aromatic rings. The highest BCUT2D eigenvalue weighted by Crippen LogP contribution is 2.00. The van der Waals surface area contributed by atoms with Crippen LogP contribution in [-0.4, -0.2) is 22.9 Å². The van der Waals surface area contributed by atoms with Crippen molar-refractivity contribution >= 4 is 11.8 Å². The molecule has 80 valence electrons. The van der Waals surface area contributed by atoms with Crippen LogP contribution in [0.4, 0.5) is 4.79 Å². The Morgan fingerprint density at radius 2 is 2.27 bits per heavy atom. The van der Waals surface area contributed by atoms with Crippen LogP contribution < -0.4 is 0 Å². The number of hydrogen-bond donors (Lipinski definition) is 0. The van der Waals surface area contributed by atoms with Gasteiger partial charge in [0.05, 0.1) is 11.8 Å². The Labute approximate surface area is 89.0 Å². The van der Waals surface area contributed by atoms with Crippen LogP contribution in [0.2, 0.25) is 0 Å². The summed E-state index contributed by atoms with van der Waals surface area (Å²) in [5, 5.41) is 0. The highest BCUT2D eigenvalue weighted by molar-refractivity contribution is 6.03. The van der Waals surface area contributed by atoms with Crippen LogP contribution in [0.5, 0.6) is 0 Å². The van der Waals surface area contributed by atoms with E-state index in [-0.39, 0.29) is 6.10 Å². The molecule has 0 unspecified atom stereocenters. The van der Waals surface area contributed by atoms with Crippen molar-refractivity contribution in [3.63, 3.8) is 0 Å². The molecule has 1 heterocycles. The van der Waals surface area contributed by atoms with Crippen molar-refractivity contribution in [1.29, 1.82) is 0 Å². The first-order chi connectivity index (χ1) is 7.09. The highest BCUT2D eigenvalue weighted by atomic mass is 16.6. The predicted octanol–water partition coefficient (Wildman–Crippen LogP) is 2.44. The number of rotatable bonds is 2. The molecule has 1 rings (SSSR count). The summed E-state index contributed by atoms with van der Waals surface area (Å²) in [4.78, 5) is 19.0. The van der Waals surface area contributed by atoms with Gasteiger partial charge in [0.15, 0.2) is 0 Å². The van der Waals surface area contributed by atoms with E-state index in [0.717, 1.165) is 5.56 Å². The van der Waals surface area contributed by atoms with E-state index in [1.165, 1.54) is 0 Å². The van der Waals surface area contributed by atoms with Gasteiger partial charge >= 0.3 is 6.09 Å². The second-order valence-corrected chi connectivity index (χ2v) is 3.37. The van der Waals surface area contributed by atoms with Gasteiger partial charge in [0, 0.05) is 18.0 Å². The minimum absolute atomic E-state index is 0.150. The fourth-order valence-corrected chi connectivity index (χ4v) is 1.01. The maximum atomic E-state index is 11.2. The Bertz CT molecular complexity index is 358. The lowest BCUT2D eigenvalue weighted by Crippen LogP contribution is -2.09. The quantitative estimate of drug-likeness (QED) is 0.698. The van der Waals surface area contributed by atoms with Gasteiger partial charge in [-0.25, -0.2) is 4.79 Å². The third-order valence-corrected chi connectivity index (χ3v) is 1.67. The summed E-state index contributed by atoms with van der Waals surface area (Å²) in [5.41, 5.74) is 1.42. The lowest BCUT2D eigenvalue weighted by molar-refractivity contribution is 0.126. The summed E-state index contributed by atoms with van der Waals surface area (Å²) in [6, 6.07) is 3.64. The lowest BCUT2D eigenvalue weighted by Gasteiger charge is -2.04. The van der Waals surface area contributed by atoms with Crippen molar-refractivity contribution in [2.24, 2.45) is 4.99 Å². The zero-order chi connectivity index (χ0) is 11.3. The van der Waals surface area contributed by atoms with Gasteiger partial charge in [0.2, 0.25) is 0 Å². The third kappa shape index (κ3) is 3.89. The number of carbonyl (C=O) groups excluding carboxylic acids is 1. The summed E-state index contributed by atoms with van der Waals surface area (Å²) >= 11 is 0. The topological polar surface area (TPSA) is 51.5 Å². The van der Waals surface area contributed by atoms with Gasteiger partial charge in [-0.2, -0.15) is 4.99 Å². The Hall–Kier alpha value is -1.71. The van der Waals surface area contributed by atoms with Crippen LogP contribution in [-0.2, 0) is 4.74 Å². The SMILES string of the molecule is C/C(=N/C(=O)OC(C)C)c1cccnc1. The van der Waals surface area contributed by atoms with Gasteiger partial charge in [0.1, 0.15) is 0 Å². The zero-order valence-electron chi connectivity index (χ0n) is 9.10. The maximum absolute atomic E-state index is 11.2. The predicted molar refractivity (Wildman–Crippen MR) is 58.1 cm³/mol. The highest BCUT2D eigenvalue weighted by Gasteiger charge is 2.04. The monoisotopic (exact) mass is 206 g/mol. The summed E-state index contributed by atoms with van der Waals surface area (Å²) in [7, 11) is 0. The van der Waals surface area contributed by atoms with E-state index in [0.29, 0.717) is 5.71 Å². The first-order valence-corrected chi connectivity index (χ1v) is 4.76. The Morgan fingerprint density at radius 1 is 1.53 bits per heavy atom. The molecule has 0 radical (unpaired) electrons. The van der Waals surface area contributed by atoms with E-state index < -0.39 is 6.09 Å². The van der Waals surface area contributed by atoms with E-state index in [4.69, 9.17) is 4.74 Å². The summed E-state index contributed by atoms with van der Waals surface area (Å²) in [6.07, 6.45) is 2.61. The number of aromatic nitrogens is 1. The van der Waals surface area contributed by atoms with Crippen molar-refractivity contribution in [1.82, 2.24) is 4.98 Å². The number of amides is 1. The molecule has 15 heavy (non-hydrogen) atoms. The van der Waals surface area contributed by atoms with Crippen LogP contribution >= 0.6 is 0 Å². The lowest BCUT2D eigenvalue weighted by atomic mass is 10.2. The van der Waals surface area contributed by atoms with Gasteiger partial charge in [-0.1, -0.05) is 6.07 Å². The average molecular weight is 206 g/mol. The first kappa shape index (κ1) is 11.4. The van der Waals surface area contributed by atoms with Gasteiger partial charge < -0.3 is 4.74 Å². The summed E-state index contributed by atoms with van der Waals surface area (Å²) in [6.45, 7) is 5.32. The molecule has 0 atom stereocenters. The summed E-state index contributed by atoms with van der Waals surface area (Å²) < 4.78 is 4.90. The molecule has 0 aromatic carbocycles. The van der Waals surface area contributed by atoms with Crippen molar-refractivity contribution in [2.45, 2.75) is 26.9 Å². The molecule has 0 saturated heterocycles. The number of aliphatic imine (C=N–C) groups is 1. The largest absolute Gasteiger partial charge is 0.445 e. The second kappa shape index (κ2) is 5.24. The van der Waals surface area contributed by atoms with Gasteiger partial charge in [-0.15, -0.1) is 0 Å². The first-order valence-electron chi connectivity index (χ1n) is 4.76. The molecule has 0 bridgehead atoms. The van der Waals surface area contributed by atoms with Crippen LogP contribution in [0.1, 0.15) is 26.3 Å². The number of carbonyl (C=O) groups is 1. The van der Waals surface area contributed by atoms with Gasteiger partial charge in [-0.3, -0.25) is 4.98 Å². The van der Waals surface area contributed by atoms with E-state index in [1.807, 2.05) is 6.07 Å². The zero-order valence-corrected chi connectivity index (χ0v) is 9.10. The van der Waals surface area contributed by atoms with E-state index in [1.54, 1.807) is 39.2 Å². The fourth-order valence-electron chi connectivity index (χ4n) is 1.01. The van der Waals surface area contributed by atoms with Crippen LogP contribution in [0.15, 0.2) is 29.5 Å². The molecule has 0 aliphatic heterocycles. The minimum atomic E-state index is -0.564. The number of ether oxygens (including phenoxy) is 1. The van der Waals surface area contributed by atoms with Crippen LogP contribution in [0, 0.1) is 0 Å². The minimum Gasteiger partial charge on any atom is -0.445 e. The molecule has 4 heteroatoms. The number of hydrogen-bond acceptors (Lipinski definition) is 3. The van der Waals surface area contributed by atoms with E-state index in [2.05, 4.69) is 9.98 Å². The van der Waals surface area contributed by atoms with Crippen molar-refractivity contribution in [3.05, 3.63) is 30.1 Å². The molecule has 1 amide bonds. The molecule has 4 nitrogen and oxygen atoms in total. The standard InChI is InChI=1S/C11H14N2O2/c1-8(2)15-11(14)13-9(3)10-5-4-6-12-7-10/h4-8H,1-3H3/b13-9-. The number of nitrogens with zero attached hydrogens (tertiary/aromatic N) is 2. The smallest absolute Gasteiger partial charge is 0.434 e. The van der Waals surface area contributed by atoms with Crippen LogP contribution in [0.25, 0.3) is 0 Å². The Kier molecular flexibility index (Phi) is 3.97. The maximum Gasteiger partial charge on any atom is 0.434 e. The van der Waals surface area contributed by atoms with Gasteiger partial charge in [0.25, 0.3) is 0 Å². The molecular formula is C11H14N2O2. The molecule has 0 N–H and O–H groups in total. The average Bonchev–Trinajstić information content (AvgIpc) is 2.17. The van der Waals surface area contributed by atoms with E-state index >= 15 is 0 Å². The molecule has 0 saturated carbocycles. The molecule has 0 spiro atoms. The molecule has 1 aromatic heterocycles. The fraction of sp³-hybridized carbons (Fsp3) is 0.364. The van der Waals surface area contributed by atoms with Crippen molar-refractivity contribution < 1.29 is 9.53 Å². The normalized spacial score (nSPS) is 11.6. The Morgan fingerprint density at radius 3 is 2.80 bits per heavy atom. The van der Waals surface area contributed by atoms with Crippen molar-refractivity contribution in [3.8, 4) is 0 Å². The molecule has 0 aliphatic carbocycles. The van der Waals surface area contributed by atoms with E-state index in [9.17, 15) is 4.79 Å². The summed E-state index contributed by atoms with van der Waals surface area (Å²) in [5.74, 6) is 0. The third-order valence-electron chi connectivity index (χ3n) is 1.67. The molecule has 0 fully saturated rings. The van der Waals surface area contributed by atoms with Crippen molar-refractivity contribution in [2.75, 3.05) is 0 Å². The number of pyridine rings is 1. The van der Waals surface area contributed by atoms with Gasteiger partial charge in [-0.05, 0) is 26.8 Å². The molecule has 0 aliphatic rings. The Balaban J connectivity index is 2.72.